The average molecular weight is 362 g/mol. The predicted octanol–water partition coefficient (Wildman–Crippen LogP) is 5.59. The lowest BCUT2D eigenvalue weighted by molar-refractivity contribution is -0.137. The number of benzene rings is 2. The van der Waals surface area contributed by atoms with Gasteiger partial charge in [-0.1, -0.05) is 25.1 Å². The van der Waals surface area contributed by atoms with Gasteiger partial charge in [-0.05, 0) is 30.5 Å². The number of hydrogen-bond acceptors (Lipinski definition) is 3. The molecule has 0 aliphatic carbocycles. The van der Waals surface area contributed by atoms with Crippen LogP contribution in [0.4, 0.5) is 17.6 Å². The van der Waals surface area contributed by atoms with Crippen LogP contribution in [0.1, 0.15) is 41.8 Å². The number of aromatic nitrogens is 1. The summed E-state index contributed by atoms with van der Waals surface area (Å²) < 4.78 is 57.9. The van der Waals surface area contributed by atoms with Gasteiger partial charge in [0.15, 0.2) is 11.5 Å². The molecular weight excluding hydrogens is 348 g/mol. The van der Waals surface area contributed by atoms with Gasteiger partial charge in [0.2, 0.25) is 0 Å². The Hall–Kier alpha value is -2.88. The Morgan fingerprint density at radius 1 is 1.23 bits per heavy atom. The number of rotatable bonds is 4. The molecule has 0 saturated carbocycles. The third-order valence-corrected chi connectivity index (χ3v) is 4.19. The first kappa shape index (κ1) is 17.9. The standard InChI is InChI=1S/C19H14F4N2O/c1-2-12(6-11-4-3-5-14(7-11)19(21,22)23)18-25-16-8-13(10-24)15(20)9-17(16)26-18/h3-5,7-9,12H,2,6H2,1H3. The van der Waals surface area contributed by atoms with Gasteiger partial charge >= 0.3 is 6.18 Å². The first-order chi connectivity index (χ1) is 12.3. The Bertz CT molecular complexity index is 985. The van der Waals surface area contributed by atoms with Gasteiger partial charge in [-0.3, -0.25) is 0 Å². The summed E-state index contributed by atoms with van der Waals surface area (Å²) in [6, 6.07) is 9.26. The molecule has 1 heterocycles. The molecule has 0 spiro atoms. The Morgan fingerprint density at radius 2 is 2.00 bits per heavy atom. The average Bonchev–Trinajstić information content (AvgIpc) is 3.00. The van der Waals surface area contributed by atoms with Gasteiger partial charge in [0, 0.05) is 12.0 Å². The maximum Gasteiger partial charge on any atom is 0.416 e. The number of oxazole rings is 1. The zero-order valence-electron chi connectivity index (χ0n) is 13.8. The zero-order valence-corrected chi connectivity index (χ0v) is 13.8. The fourth-order valence-corrected chi connectivity index (χ4v) is 2.79. The Labute approximate surface area is 146 Å². The molecule has 7 heteroatoms. The van der Waals surface area contributed by atoms with E-state index >= 15 is 0 Å². The van der Waals surface area contributed by atoms with Crippen molar-refractivity contribution in [2.45, 2.75) is 31.9 Å². The lowest BCUT2D eigenvalue weighted by Gasteiger charge is -2.13. The van der Waals surface area contributed by atoms with Crippen LogP contribution in [-0.4, -0.2) is 4.98 Å². The maximum atomic E-state index is 13.7. The van der Waals surface area contributed by atoms with E-state index in [1.807, 2.05) is 6.92 Å². The molecule has 0 bridgehead atoms. The lowest BCUT2D eigenvalue weighted by atomic mass is 9.95. The molecule has 134 valence electrons. The molecule has 2 aromatic carbocycles. The third kappa shape index (κ3) is 3.54. The Morgan fingerprint density at radius 3 is 2.65 bits per heavy atom. The van der Waals surface area contributed by atoms with E-state index in [-0.39, 0.29) is 17.1 Å². The van der Waals surface area contributed by atoms with Crippen molar-refractivity contribution in [2.24, 2.45) is 0 Å². The van der Waals surface area contributed by atoms with Crippen LogP contribution in [0.3, 0.4) is 0 Å². The van der Waals surface area contributed by atoms with E-state index in [0.29, 0.717) is 29.8 Å². The summed E-state index contributed by atoms with van der Waals surface area (Å²) in [5.74, 6) is -0.650. The van der Waals surface area contributed by atoms with Crippen LogP contribution in [0, 0.1) is 17.1 Å². The summed E-state index contributed by atoms with van der Waals surface area (Å²) >= 11 is 0. The smallest absolute Gasteiger partial charge is 0.416 e. The van der Waals surface area contributed by atoms with Crippen molar-refractivity contribution in [3.8, 4) is 6.07 Å². The van der Waals surface area contributed by atoms with E-state index in [9.17, 15) is 17.6 Å². The van der Waals surface area contributed by atoms with Crippen molar-refractivity contribution in [3.63, 3.8) is 0 Å². The molecule has 3 rings (SSSR count). The number of hydrogen-bond donors (Lipinski definition) is 0. The molecule has 1 unspecified atom stereocenters. The fourth-order valence-electron chi connectivity index (χ4n) is 2.79. The molecule has 0 radical (unpaired) electrons. The second kappa shape index (κ2) is 6.79. The first-order valence-corrected chi connectivity index (χ1v) is 7.98. The number of halogens is 4. The topological polar surface area (TPSA) is 49.8 Å². The zero-order chi connectivity index (χ0) is 18.9. The molecule has 0 fully saturated rings. The van der Waals surface area contributed by atoms with Gasteiger partial charge in [0.1, 0.15) is 17.4 Å². The van der Waals surface area contributed by atoms with Crippen LogP contribution in [0.5, 0.6) is 0 Å². The van der Waals surface area contributed by atoms with E-state index < -0.39 is 17.6 Å². The second-order valence-corrected chi connectivity index (χ2v) is 5.97. The number of fused-ring (bicyclic) bond motifs is 1. The molecular formula is C19H14F4N2O. The molecule has 3 aromatic rings. The molecule has 0 amide bonds. The normalized spacial score (nSPS) is 12.9. The molecule has 0 N–H and O–H groups in total. The summed E-state index contributed by atoms with van der Waals surface area (Å²) in [5, 5.41) is 8.89. The molecule has 1 atom stereocenters. The van der Waals surface area contributed by atoms with Crippen LogP contribution in [-0.2, 0) is 12.6 Å². The van der Waals surface area contributed by atoms with Crippen LogP contribution < -0.4 is 0 Å². The van der Waals surface area contributed by atoms with Crippen molar-refractivity contribution in [2.75, 3.05) is 0 Å². The third-order valence-electron chi connectivity index (χ3n) is 4.19. The number of alkyl halides is 3. The highest BCUT2D eigenvalue weighted by atomic mass is 19.4. The molecule has 0 aliphatic rings. The van der Waals surface area contributed by atoms with Crippen LogP contribution in [0.15, 0.2) is 40.8 Å². The molecule has 3 nitrogen and oxygen atoms in total. The van der Waals surface area contributed by atoms with Crippen molar-refractivity contribution in [1.29, 1.82) is 5.26 Å². The number of nitrogens with zero attached hydrogens (tertiary/aromatic N) is 2. The Kier molecular flexibility index (Phi) is 4.68. The fraction of sp³-hybridized carbons (Fsp3) is 0.263. The lowest BCUT2D eigenvalue weighted by Crippen LogP contribution is -2.07. The Balaban J connectivity index is 1.92. The SMILES string of the molecule is CCC(Cc1cccc(C(F)(F)F)c1)c1nc2cc(C#N)c(F)cc2o1. The molecule has 1 aromatic heterocycles. The predicted molar refractivity (Wildman–Crippen MR) is 86.9 cm³/mol. The van der Waals surface area contributed by atoms with Crippen molar-refractivity contribution < 1.29 is 22.0 Å². The van der Waals surface area contributed by atoms with E-state index in [0.717, 1.165) is 18.2 Å². The van der Waals surface area contributed by atoms with E-state index in [1.165, 1.54) is 12.1 Å². The van der Waals surface area contributed by atoms with Gasteiger partial charge in [0.05, 0.1) is 11.1 Å². The van der Waals surface area contributed by atoms with Crippen molar-refractivity contribution in [1.82, 2.24) is 4.98 Å². The maximum absolute atomic E-state index is 13.7. The minimum atomic E-state index is -4.40. The van der Waals surface area contributed by atoms with E-state index in [4.69, 9.17) is 9.68 Å². The van der Waals surface area contributed by atoms with Crippen LogP contribution in [0.2, 0.25) is 0 Å². The minimum absolute atomic E-state index is 0.136. The first-order valence-electron chi connectivity index (χ1n) is 7.98. The van der Waals surface area contributed by atoms with Gasteiger partial charge in [-0.15, -0.1) is 0 Å². The monoisotopic (exact) mass is 362 g/mol. The molecule has 0 aliphatic heterocycles. The molecule has 0 saturated heterocycles. The van der Waals surface area contributed by atoms with Gasteiger partial charge in [-0.25, -0.2) is 9.37 Å². The van der Waals surface area contributed by atoms with Gasteiger partial charge in [-0.2, -0.15) is 18.4 Å². The van der Waals surface area contributed by atoms with Gasteiger partial charge in [0.25, 0.3) is 0 Å². The summed E-state index contributed by atoms with van der Waals surface area (Å²) in [4.78, 5) is 4.29. The van der Waals surface area contributed by atoms with E-state index in [2.05, 4.69) is 4.98 Å². The van der Waals surface area contributed by atoms with Crippen molar-refractivity contribution >= 4 is 11.1 Å². The second-order valence-electron chi connectivity index (χ2n) is 5.97. The summed E-state index contributed by atoms with van der Waals surface area (Å²) in [7, 11) is 0. The highest BCUT2D eigenvalue weighted by molar-refractivity contribution is 5.74. The van der Waals surface area contributed by atoms with Gasteiger partial charge < -0.3 is 4.42 Å². The number of nitriles is 1. The summed E-state index contributed by atoms with van der Waals surface area (Å²) in [6.07, 6.45) is -3.52. The van der Waals surface area contributed by atoms with Crippen molar-refractivity contribution in [3.05, 3.63) is 64.8 Å². The highest BCUT2D eigenvalue weighted by Gasteiger charge is 2.30. The quantitative estimate of drug-likeness (QED) is 0.568. The largest absolute Gasteiger partial charge is 0.440 e. The molecule has 26 heavy (non-hydrogen) atoms. The highest BCUT2D eigenvalue weighted by Crippen LogP contribution is 2.32. The summed E-state index contributed by atoms with van der Waals surface area (Å²) in [6.45, 7) is 1.87. The van der Waals surface area contributed by atoms with E-state index in [1.54, 1.807) is 12.1 Å². The van der Waals surface area contributed by atoms with Crippen LogP contribution in [0.25, 0.3) is 11.1 Å². The van der Waals surface area contributed by atoms with Crippen LogP contribution >= 0.6 is 0 Å². The summed E-state index contributed by atoms with van der Waals surface area (Å²) in [5.41, 5.74) is 0.226. The minimum Gasteiger partial charge on any atom is -0.440 e.